The van der Waals surface area contributed by atoms with Crippen molar-refractivity contribution in [2.45, 2.75) is 0 Å². The molecule has 0 saturated carbocycles. The molecule has 3 rings (SSSR count). The van der Waals surface area contributed by atoms with Gasteiger partial charge in [-0.25, -0.2) is 4.98 Å². The Morgan fingerprint density at radius 3 is 2.58 bits per heavy atom. The summed E-state index contributed by atoms with van der Waals surface area (Å²) in [6.45, 7) is 0. The number of rotatable bonds is 2. The molecule has 2 aromatic carbocycles. The van der Waals surface area contributed by atoms with Gasteiger partial charge >= 0.3 is 0 Å². The Kier molecular flexibility index (Phi) is 3.36. The number of halogens is 1. The van der Waals surface area contributed by atoms with Crippen molar-refractivity contribution in [1.29, 1.82) is 0 Å². The van der Waals surface area contributed by atoms with E-state index in [9.17, 15) is 5.11 Å². The fraction of sp³-hybridized carbons (Fsp3) is 0. The minimum atomic E-state index is 0.261. The summed E-state index contributed by atoms with van der Waals surface area (Å²) < 4.78 is 1.04. The van der Waals surface area contributed by atoms with E-state index in [0.29, 0.717) is 0 Å². The first-order valence-corrected chi connectivity index (χ1v) is 7.40. The number of hydrogen-bond donors (Lipinski definition) is 1. The van der Waals surface area contributed by atoms with Crippen LogP contribution in [-0.2, 0) is 0 Å². The van der Waals surface area contributed by atoms with Crippen LogP contribution in [0.2, 0.25) is 0 Å². The lowest BCUT2D eigenvalue weighted by molar-refractivity contribution is 0.475. The zero-order valence-electron chi connectivity index (χ0n) is 9.88. The Hall–Kier alpha value is -1.65. The molecule has 94 valence electrons. The lowest BCUT2D eigenvalue weighted by Crippen LogP contribution is -1.79. The van der Waals surface area contributed by atoms with Crippen LogP contribution in [0.3, 0.4) is 0 Å². The van der Waals surface area contributed by atoms with Gasteiger partial charge in [-0.1, -0.05) is 40.2 Å². The highest BCUT2D eigenvalue weighted by Crippen LogP contribution is 2.31. The lowest BCUT2D eigenvalue weighted by Gasteiger charge is -1.98. The third-order valence-electron chi connectivity index (χ3n) is 2.72. The van der Waals surface area contributed by atoms with Gasteiger partial charge < -0.3 is 5.11 Å². The van der Waals surface area contributed by atoms with Crippen molar-refractivity contribution in [3.05, 3.63) is 58.4 Å². The fourth-order valence-electron chi connectivity index (χ4n) is 1.83. The van der Waals surface area contributed by atoms with Gasteiger partial charge in [0, 0.05) is 21.0 Å². The molecule has 0 radical (unpaired) electrons. The molecule has 1 aromatic heterocycles. The number of thiazole rings is 1. The summed E-state index contributed by atoms with van der Waals surface area (Å²) in [5, 5.41) is 12.4. The zero-order chi connectivity index (χ0) is 13.2. The number of phenolic OH excluding ortho intramolecular Hbond substituents is 1. The van der Waals surface area contributed by atoms with Crippen molar-refractivity contribution in [2.24, 2.45) is 0 Å². The van der Waals surface area contributed by atoms with E-state index < -0.39 is 0 Å². The third kappa shape index (κ3) is 2.69. The Labute approximate surface area is 123 Å². The minimum absolute atomic E-state index is 0.261. The first-order chi connectivity index (χ1) is 9.22. The molecule has 0 atom stereocenters. The van der Waals surface area contributed by atoms with Gasteiger partial charge in [-0.15, -0.1) is 11.3 Å². The van der Waals surface area contributed by atoms with E-state index in [1.165, 1.54) is 0 Å². The van der Waals surface area contributed by atoms with Gasteiger partial charge in [0.05, 0.1) is 5.69 Å². The average molecular weight is 332 g/mol. The van der Waals surface area contributed by atoms with Crippen molar-refractivity contribution < 1.29 is 5.11 Å². The van der Waals surface area contributed by atoms with Gasteiger partial charge in [-0.3, -0.25) is 0 Å². The topological polar surface area (TPSA) is 33.1 Å². The van der Waals surface area contributed by atoms with Crippen LogP contribution in [0.5, 0.6) is 5.75 Å². The fourth-order valence-corrected chi connectivity index (χ4v) is 3.05. The smallest absolute Gasteiger partial charge is 0.124 e. The first-order valence-electron chi connectivity index (χ1n) is 5.73. The van der Waals surface area contributed by atoms with Gasteiger partial charge in [0.15, 0.2) is 0 Å². The molecule has 2 nitrogen and oxygen atoms in total. The van der Waals surface area contributed by atoms with Gasteiger partial charge in [0.2, 0.25) is 0 Å². The Morgan fingerprint density at radius 1 is 1.00 bits per heavy atom. The zero-order valence-corrected chi connectivity index (χ0v) is 12.3. The number of hydrogen-bond acceptors (Lipinski definition) is 3. The number of nitrogens with zero attached hydrogens (tertiary/aromatic N) is 1. The third-order valence-corrected chi connectivity index (χ3v) is 4.10. The minimum Gasteiger partial charge on any atom is -0.508 e. The predicted octanol–water partition coefficient (Wildman–Crippen LogP) is 4.95. The monoisotopic (exact) mass is 331 g/mol. The van der Waals surface area contributed by atoms with Crippen LogP contribution in [0.4, 0.5) is 0 Å². The molecule has 0 aliphatic carbocycles. The quantitative estimate of drug-likeness (QED) is 0.721. The summed E-state index contributed by atoms with van der Waals surface area (Å²) >= 11 is 5.04. The van der Waals surface area contributed by atoms with Crippen molar-refractivity contribution in [2.75, 3.05) is 0 Å². The van der Waals surface area contributed by atoms with E-state index in [4.69, 9.17) is 0 Å². The molecule has 0 amide bonds. The second kappa shape index (κ2) is 5.15. The average Bonchev–Trinajstić information content (AvgIpc) is 2.88. The van der Waals surface area contributed by atoms with Crippen LogP contribution >= 0.6 is 27.3 Å². The number of aromatic nitrogens is 1. The van der Waals surface area contributed by atoms with Crippen LogP contribution in [0.25, 0.3) is 21.8 Å². The van der Waals surface area contributed by atoms with Gasteiger partial charge in [0.1, 0.15) is 10.8 Å². The van der Waals surface area contributed by atoms with Gasteiger partial charge in [0.25, 0.3) is 0 Å². The van der Waals surface area contributed by atoms with E-state index in [0.717, 1.165) is 26.3 Å². The highest BCUT2D eigenvalue weighted by Gasteiger charge is 2.07. The van der Waals surface area contributed by atoms with E-state index in [1.54, 1.807) is 23.5 Å². The van der Waals surface area contributed by atoms with Crippen LogP contribution in [0.1, 0.15) is 0 Å². The molecule has 1 heterocycles. The number of aromatic hydroxyl groups is 1. The number of benzene rings is 2. The highest BCUT2D eigenvalue weighted by molar-refractivity contribution is 9.10. The van der Waals surface area contributed by atoms with E-state index in [-0.39, 0.29) is 5.75 Å². The summed E-state index contributed by atoms with van der Waals surface area (Å²) in [5.74, 6) is 0.261. The predicted molar refractivity (Wildman–Crippen MR) is 82.4 cm³/mol. The lowest BCUT2D eigenvalue weighted by atomic mass is 10.2. The van der Waals surface area contributed by atoms with Crippen LogP contribution in [-0.4, -0.2) is 10.1 Å². The molecular weight excluding hydrogens is 322 g/mol. The molecule has 1 N–H and O–H groups in total. The Bertz CT molecular complexity index is 663. The molecule has 0 aliphatic heterocycles. The molecule has 0 aliphatic rings. The molecule has 0 bridgehead atoms. The molecule has 3 aromatic rings. The maximum atomic E-state index is 9.51. The van der Waals surface area contributed by atoms with E-state index in [2.05, 4.69) is 20.9 Å². The summed E-state index contributed by atoms with van der Waals surface area (Å²) in [6.07, 6.45) is 0. The number of phenols is 1. The maximum Gasteiger partial charge on any atom is 0.124 e. The second-order valence-electron chi connectivity index (χ2n) is 4.10. The molecular formula is C15H10BrNOS. The summed E-state index contributed by atoms with van der Waals surface area (Å²) in [6, 6.07) is 15.2. The van der Waals surface area contributed by atoms with Crippen molar-refractivity contribution in [3.63, 3.8) is 0 Å². The largest absolute Gasteiger partial charge is 0.508 e. The van der Waals surface area contributed by atoms with Crippen LogP contribution in [0.15, 0.2) is 58.4 Å². The van der Waals surface area contributed by atoms with E-state index in [1.807, 2.05) is 41.8 Å². The van der Waals surface area contributed by atoms with Gasteiger partial charge in [-0.05, 0) is 24.3 Å². The van der Waals surface area contributed by atoms with Crippen LogP contribution < -0.4 is 0 Å². The highest BCUT2D eigenvalue weighted by atomic mass is 79.9. The Balaban J connectivity index is 2.00. The van der Waals surface area contributed by atoms with Crippen molar-refractivity contribution >= 4 is 27.3 Å². The van der Waals surface area contributed by atoms with Crippen molar-refractivity contribution in [1.82, 2.24) is 4.98 Å². The molecule has 0 fully saturated rings. The van der Waals surface area contributed by atoms with E-state index >= 15 is 0 Å². The molecule has 0 unspecified atom stereocenters. The maximum absolute atomic E-state index is 9.51. The molecule has 4 heteroatoms. The standard InChI is InChI=1S/C15H10BrNOS/c16-12-5-1-3-10(7-12)14-9-19-15(17-14)11-4-2-6-13(18)8-11/h1-9,18H. The summed E-state index contributed by atoms with van der Waals surface area (Å²) in [4.78, 5) is 4.62. The SMILES string of the molecule is Oc1cccc(-c2nc(-c3cccc(Br)c3)cs2)c1. The van der Waals surface area contributed by atoms with Crippen molar-refractivity contribution in [3.8, 4) is 27.6 Å². The first kappa shape index (κ1) is 12.4. The summed E-state index contributed by atoms with van der Waals surface area (Å²) in [7, 11) is 0. The second-order valence-corrected chi connectivity index (χ2v) is 5.87. The summed E-state index contributed by atoms with van der Waals surface area (Å²) in [5.41, 5.74) is 2.97. The molecule has 0 spiro atoms. The molecule has 0 saturated heterocycles. The Morgan fingerprint density at radius 2 is 1.79 bits per heavy atom. The normalized spacial score (nSPS) is 10.6. The van der Waals surface area contributed by atoms with Crippen LogP contribution in [0, 0.1) is 0 Å². The van der Waals surface area contributed by atoms with Gasteiger partial charge in [-0.2, -0.15) is 0 Å². The molecule has 19 heavy (non-hydrogen) atoms.